The summed E-state index contributed by atoms with van der Waals surface area (Å²) in [5.41, 5.74) is 1.21. The number of aliphatic carboxylic acids is 1. The van der Waals surface area contributed by atoms with Gasteiger partial charge in [-0.3, -0.25) is 4.90 Å². The molecule has 6 nitrogen and oxygen atoms in total. The van der Waals surface area contributed by atoms with Crippen molar-refractivity contribution < 1.29 is 41.0 Å². The maximum atomic E-state index is 13.2. The van der Waals surface area contributed by atoms with E-state index in [0.29, 0.717) is 60.5 Å². The quantitative estimate of drug-likeness (QED) is 0.132. The number of aromatic nitrogens is 1. The van der Waals surface area contributed by atoms with Crippen LogP contribution in [0.3, 0.4) is 0 Å². The Morgan fingerprint density at radius 3 is 2.26 bits per heavy atom. The second-order valence-electron chi connectivity index (χ2n) is 11.1. The number of rotatable bonds is 10. The fourth-order valence-electron chi connectivity index (χ4n) is 5.03. The molecule has 0 amide bonds. The molecule has 0 saturated carbocycles. The van der Waals surface area contributed by atoms with Crippen LogP contribution in [0.25, 0.3) is 10.6 Å². The first-order valence-electron chi connectivity index (χ1n) is 14.6. The van der Waals surface area contributed by atoms with Crippen LogP contribution in [0.1, 0.15) is 34.2 Å². The number of benzene rings is 3. The zero-order chi connectivity index (χ0) is 33.9. The van der Waals surface area contributed by atoms with Crippen molar-refractivity contribution in [3.63, 3.8) is 0 Å². The monoisotopic (exact) mass is 695 g/mol. The SMILES string of the molecule is Cc1cc(SCc2sc(-c3ccc(C(F)(F)F)cc3)nc2CN2CCN(c3cccc(C(F)(F)F)c3)CC2)ccc1OC(C)C(=O)O. The number of piperazine rings is 1. The zero-order valence-corrected chi connectivity index (χ0v) is 27.0. The number of carboxylic acids is 1. The largest absolute Gasteiger partial charge is 0.479 e. The first-order chi connectivity index (χ1) is 22.2. The van der Waals surface area contributed by atoms with E-state index in [-0.39, 0.29) is 0 Å². The Balaban J connectivity index is 1.32. The Bertz CT molecular complexity index is 1700. The molecule has 1 aliphatic rings. The number of carbonyl (C=O) groups is 1. The van der Waals surface area contributed by atoms with Gasteiger partial charge < -0.3 is 14.7 Å². The first-order valence-corrected chi connectivity index (χ1v) is 16.4. The van der Waals surface area contributed by atoms with Gasteiger partial charge in [0, 0.05) is 59.5 Å². The molecule has 14 heteroatoms. The number of ether oxygens (including phenoxy) is 1. The molecule has 3 aromatic carbocycles. The number of hydrogen-bond donors (Lipinski definition) is 1. The van der Waals surface area contributed by atoms with Crippen molar-refractivity contribution in [2.75, 3.05) is 31.1 Å². The first kappa shape index (κ1) is 34.6. The molecule has 250 valence electrons. The van der Waals surface area contributed by atoms with Crippen molar-refractivity contribution in [1.29, 1.82) is 0 Å². The summed E-state index contributed by atoms with van der Waals surface area (Å²) in [5, 5.41) is 9.74. The summed E-state index contributed by atoms with van der Waals surface area (Å²) in [6.45, 7) is 5.98. The Morgan fingerprint density at radius 2 is 1.64 bits per heavy atom. The fourth-order valence-corrected chi connectivity index (χ4v) is 7.21. The van der Waals surface area contributed by atoms with E-state index in [0.717, 1.165) is 45.3 Å². The van der Waals surface area contributed by atoms with Gasteiger partial charge in [0.2, 0.25) is 0 Å². The normalized spacial score (nSPS) is 15.1. The van der Waals surface area contributed by atoms with Gasteiger partial charge in [-0.2, -0.15) is 26.3 Å². The maximum Gasteiger partial charge on any atom is 0.416 e. The number of thiazole rings is 1. The molecule has 4 aromatic rings. The lowest BCUT2D eigenvalue weighted by molar-refractivity contribution is -0.144. The highest BCUT2D eigenvalue weighted by atomic mass is 32.2. The van der Waals surface area contributed by atoms with E-state index in [2.05, 4.69) is 4.90 Å². The van der Waals surface area contributed by atoms with Crippen LogP contribution < -0.4 is 9.64 Å². The molecule has 1 saturated heterocycles. The third kappa shape index (κ3) is 8.79. The summed E-state index contributed by atoms with van der Waals surface area (Å²) in [6, 6.07) is 15.7. The van der Waals surface area contributed by atoms with E-state index in [1.165, 1.54) is 36.5 Å². The molecule has 1 aromatic heterocycles. The highest BCUT2D eigenvalue weighted by Gasteiger charge is 2.32. The van der Waals surface area contributed by atoms with Gasteiger partial charge in [0.05, 0.1) is 16.8 Å². The number of halogens is 6. The Morgan fingerprint density at radius 1 is 0.957 bits per heavy atom. The molecular weight excluding hydrogens is 665 g/mol. The summed E-state index contributed by atoms with van der Waals surface area (Å²) >= 11 is 2.95. The van der Waals surface area contributed by atoms with Gasteiger partial charge in [0.15, 0.2) is 6.10 Å². The van der Waals surface area contributed by atoms with Gasteiger partial charge >= 0.3 is 18.3 Å². The molecule has 0 aliphatic carbocycles. The minimum absolute atomic E-state index is 0.469. The van der Waals surface area contributed by atoms with E-state index < -0.39 is 35.6 Å². The highest BCUT2D eigenvalue weighted by Crippen LogP contribution is 2.37. The summed E-state index contributed by atoms with van der Waals surface area (Å²) in [5.74, 6) is -0.0682. The third-order valence-electron chi connectivity index (χ3n) is 7.69. The molecule has 47 heavy (non-hydrogen) atoms. The maximum absolute atomic E-state index is 13.2. The van der Waals surface area contributed by atoms with Crippen LogP contribution in [0.4, 0.5) is 32.0 Å². The van der Waals surface area contributed by atoms with Crippen LogP contribution in [-0.4, -0.2) is 53.2 Å². The van der Waals surface area contributed by atoms with Crippen LogP contribution in [-0.2, 0) is 29.4 Å². The Hall–Kier alpha value is -3.75. The molecule has 1 fully saturated rings. The predicted molar refractivity (Wildman–Crippen MR) is 170 cm³/mol. The van der Waals surface area contributed by atoms with Gasteiger partial charge in [-0.25, -0.2) is 9.78 Å². The lowest BCUT2D eigenvalue weighted by Crippen LogP contribution is -2.46. The van der Waals surface area contributed by atoms with Crippen LogP contribution in [0, 0.1) is 6.92 Å². The van der Waals surface area contributed by atoms with Crippen molar-refractivity contribution in [3.8, 4) is 16.3 Å². The van der Waals surface area contributed by atoms with Crippen LogP contribution in [0.5, 0.6) is 5.75 Å². The molecule has 0 spiro atoms. The molecule has 1 N–H and O–H groups in total. The Labute approximate surface area is 276 Å². The molecule has 2 heterocycles. The summed E-state index contributed by atoms with van der Waals surface area (Å²) in [4.78, 5) is 22.0. The molecule has 5 rings (SSSR count). The van der Waals surface area contributed by atoms with Gasteiger partial charge in [-0.1, -0.05) is 18.2 Å². The second-order valence-corrected chi connectivity index (χ2v) is 13.2. The molecule has 0 radical (unpaired) electrons. The predicted octanol–water partition coefficient (Wildman–Crippen LogP) is 8.62. The second kappa shape index (κ2) is 14.2. The van der Waals surface area contributed by atoms with E-state index >= 15 is 0 Å². The number of nitrogens with zero attached hydrogens (tertiary/aromatic N) is 3. The van der Waals surface area contributed by atoms with E-state index in [4.69, 9.17) is 14.8 Å². The number of hydrogen-bond acceptors (Lipinski definition) is 7. The molecule has 1 atom stereocenters. The zero-order valence-electron chi connectivity index (χ0n) is 25.4. The summed E-state index contributed by atoms with van der Waals surface area (Å²) in [7, 11) is 0. The number of aryl methyl sites for hydroxylation is 1. The van der Waals surface area contributed by atoms with E-state index in [1.54, 1.807) is 23.9 Å². The lowest BCUT2D eigenvalue weighted by Gasteiger charge is -2.36. The lowest BCUT2D eigenvalue weighted by atomic mass is 10.1. The highest BCUT2D eigenvalue weighted by molar-refractivity contribution is 7.98. The molecular formula is C33H31F6N3O3S2. The Kier molecular flexibility index (Phi) is 10.4. The molecule has 1 aliphatic heterocycles. The average Bonchev–Trinajstić information content (AvgIpc) is 3.43. The van der Waals surface area contributed by atoms with Crippen LogP contribution in [0.2, 0.25) is 0 Å². The van der Waals surface area contributed by atoms with Gasteiger partial charge in [-0.15, -0.1) is 23.1 Å². The number of alkyl halides is 6. The molecule has 0 bridgehead atoms. The van der Waals surface area contributed by atoms with E-state index in [1.807, 2.05) is 24.0 Å². The van der Waals surface area contributed by atoms with Crippen molar-refractivity contribution >= 4 is 34.8 Å². The summed E-state index contributed by atoms with van der Waals surface area (Å²) in [6.07, 6.45) is -9.87. The fraction of sp³-hybridized carbons (Fsp3) is 0.333. The van der Waals surface area contributed by atoms with Crippen LogP contribution >= 0.6 is 23.1 Å². The number of thioether (sulfide) groups is 1. The van der Waals surface area contributed by atoms with Crippen molar-refractivity contribution in [3.05, 3.63) is 94.0 Å². The van der Waals surface area contributed by atoms with Crippen molar-refractivity contribution in [2.45, 2.75) is 49.5 Å². The summed E-state index contributed by atoms with van der Waals surface area (Å²) < 4.78 is 84.7. The average molecular weight is 696 g/mol. The van der Waals surface area contributed by atoms with E-state index in [9.17, 15) is 31.1 Å². The topological polar surface area (TPSA) is 65.9 Å². The minimum Gasteiger partial charge on any atom is -0.479 e. The standard InChI is InChI=1S/C33H31F6N3O3S2/c1-20-16-26(10-11-28(20)45-21(2)31(43)44)46-19-29-27(40-30(47-29)22-6-8-23(9-7-22)32(34,35)36)18-41-12-14-42(15-13-41)25-5-3-4-24(17-25)33(37,38)39/h3-11,16-17,21H,12-15,18-19H2,1-2H3,(H,43,44). The van der Waals surface area contributed by atoms with Gasteiger partial charge in [-0.05, 0) is 67.9 Å². The minimum atomic E-state index is -4.45. The smallest absolute Gasteiger partial charge is 0.416 e. The van der Waals surface area contributed by atoms with Gasteiger partial charge in [0.1, 0.15) is 10.8 Å². The van der Waals surface area contributed by atoms with Gasteiger partial charge in [0.25, 0.3) is 0 Å². The van der Waals surface area contributed by atoms with Crippen molar-refractivity contribution in [1.82, 2.24) is 9.88 Å². The van der Waals surface area contributed by atoms with Crippen molar-refractivity contribution in [2.24, 2.45) is 0 Å². The molecule has 1 unspecified atom stereocenters. The number of carboxylic acid groups (broad SMARTS) is 1. The van der Waals surface area contributed by atoms with Crippen LogP contribution in [0.15, 0.2) is 71.6 Å². The third-order valence-corrected chi connectivity index (χ3v) is 10.0. The number of anilines is 1.